The number of hydrogen-bond donors (Lipinski definition) is 0. The second kappa shape index (κ2) is 3.13. The Morgan fingerprint density at radius 1 is 1.91 bits per heavy atom. The first-order valence-corrected chi connectivity index (χ1v) is 3.76. The van der Waals surface area contributed by atoms with Crippen molar-refractivity contribution in [3.05, 3.63) is 12.3 Å². The molecule has 0 aliphatic carbocycles. The quantitative estimate of drug-likeness (QED) is 0.467. The van der Waals surface area contributed by atoms with Gasteiger partial charge in [0.2, 0.25) is 5.60 Å². The first kappa shape index (κ1) is 8.40. The van der Waals surface area contributed by atoms with Crippen molar-refractivity contribution in [3.8, 4) is 0 Å². The molecule has 1 aliphatic heterocycles. The molecule has 1 heterocycles. The molecule has 0 fully saturated rings. The first-order valence-electron chi connectivity index (χ1n) is 3.22. The molecule has 0 aromatic heterocycles. The fourth-order valence-electron chi connectivity index (χ4n) is 0.923. The molecule has 4 heteroatoms. The van der Waals surface area contributed by atoms with Gasteiger partial charge in [-0.1, -0.05) is 0 Å². The number of carbonyl (C=O) groups excluding carboxylic acids is 1. The molecule has 1 atom stereocenters. The highest BCUT2D eigenvalue weighted by Gasteiger charge is 2.41. The molecule has 0 saturated heterocycles. The molecular weight excluding hydrogens is 168 g/mol. The summed E-state index contributed by atoms with van der Waals surface area (Å²) in [7, 11) is 1.32. The Labute approximate surface area is 69.9 Å². The number of rotatable bonds is 2. The van der Waals surface area contributed by atoms with Crippen LogP contribution in [0.4, 0.5) is 0 Å². The Bertz CT molecular complexity index is 180. The Balaban J connectivity index is 2.69. The van der Waals surface area contributed by atoms with Gasteiger partial charge in [-0.15, -0.1) is 11.6 Å². The average molecular weight is 177 g/mol. The van der Waals surface area contributed by atoms with Crippen molar-refractivity contribution in [2.45, 2.75) is 12.0 Å². The van der Waals surface area contributed by atoms with E-state index in [9.17, 15) is 4.79 Å². The smallest absolute Gasteiger partial charge is 0.351 e. The van der Waals surface area contributed by atoms with Crippen molar-refractivity contribution in [1.82, 2.24) is 0 Å². The third-order valence-electron chi connectivity index (χ3n) is 1.61. The van der Waals surface area contributed by atoms with Crippen LogP contribution < -0.4 is 0 Å². The van der Waals surface area contributed by atoms with Crippen LogP contribution >= 0.6 is 11.6 Å². The lowest BCUT2D eigenvalue weighted by molar-refractivity contribution is -0.158. The minimum Gasteiger partial charge on any atom is -0.482 e. The van der Waals surface area contributed by atoms with Gasteiger partial charge in [-0.05, 0) is 6.08 Å². The molecule has 0 radical (unpaired) electrons. The van der Waals surface area contributed by atoms with Crippen LogP contribution in [0, 0.1) is 0 Å². The van der Waals surface area contributed by atoms with Gasteiger partial charge in [0, 0.05) is 6.42 Å². The summed E-state index contributed by atoms with van der Waals surface area (Å²) in [6.07, 6.45) is 3.71. The van der Waals surface area contributed by atoms with E-state index in [-0.39, 0.29) is 5.88 Å². The molecular formula is C7H9ClO3. The van der Waals surface area contributed by atoms with E-state index in [4.69, 9.17) is 16.3 Å². The minimum absolute atomic E-state index is 0.118. The molecule has 11 heavy (non-hydrogen) atoms. The molecule has 1 rings (SSSR count). The van der Waals surface area contributed by atoms with Crippen LogP contribution in [0.2, 0.25) is 0 Å². The summed E-state index contributed by atoms with van der Waals surface area (Å²) in [5.41, 5.74) is -0.962. The Morgan fingerprint density at radius 3 is 3.00 bits per heavy atom. The number of halogens is 1. The molecule has 3 nitrogen and oxygen atoms in total. The van der Waals surface area contributed by atoms with E-state index in [1.165, 1.54) is 13.4 Å². The molecule has 62 valence electrons. The molecule has 1 aliphatic rings. The monoisotopic (exact) mass is 176 g/mol. The van der Waals surface area contributed by atoms with Crippen molar-refractivity contribution in [3.63, 3.8) is 0 Å². The van der Waals surface area contributed by atoms with Gasteiger partial charge < -0.3 is 9.47 Å². The number of ether oxygens (including phenoxy) is 2. The second-order valence-electron chi connectivity index (χ2n) is 2.31. The molecule has 0 spiro atoms. The van der Waals surface area contributed by atoms with Crippen LogP contribution in [0.25, 0.3) is 0 Å². The zero-order valence-corrected chi connectivity index (χ0v) is 6.93. The van der Waals surface area contributed by atoms with E-state index in [2.05, 4.69) is 4.74 Å². The summed E-state index contributed by atoms with van der Waals surface area (Å²) in [5, 5.41) is 0. The zero-order chi connectivity index (χ0) is 8.32. The summed E-state index contributed by atoms with van der Waals surface area (Å²) in [4.78, 5) is 11.1. The first-order chi connectivity index (χ1) is 5.25. The summed E-state index contributed by atoms with van der Waals surface area (Å²) < 4.78 is 9.60. The van der Waals surface area contributed by atoms with E-state index >= 15 is 0 Å². The van der Waals surface area contributed by atoms with Crippen LogP contribution in [-0.4, -0.2) is 24.6 Å². The van der Waals surface area contributed by atoms with Crippen LogP contribution in [0.15, 0.2) is 12.3 Å². The van der Waals surface area contributed by atoms with Crippen LogP contribution in [-0.2, 0) is 14.3 Å². The van der Waals surface area contributed by atoms with Crippen molar-refractivity contribution in [2.75, 3.05) is 13.0 Å². The van der Waals surface area contributed by atoms with Crippen LogP contribution in [0.1, 0.15) is 6.42 Å². The van der Waals surface area contributed by atoms with Gasteiger partial charge in [0.1, 0.15) is 0 Å². The largest absolute Gasteiger partial charge is 0.482 e. The average Bonchev–Trinajstić information content (AvgIpc) is 2.52. The fourth-order valence-corrected chi connectivity index (χ4v) is 1.20. The molecule has 1 unspecified atom stereocenters. The summed E-state index contributed by atoms with van der Waals surface area (Å²) >= 11 is 5.57. The molecule has 0 bridgehead atoms. The highest BCUT2D eigenvalue weighted by atomic mass is 35.5. The number of alkyl halides is 1. The van der Waals surface area contributed by atoms with E-state index in [1.807, 2.05) is 0 Å². The predicted molar refractivity (Wildman–Crippen MR) is 40.3 cm³/mol. The van der Waals surface area contributed by atoms with Crippen molar-refractivity contribution in [2.24, 2.45) is 0 Å². The van der Waals surface area contributed by atoms with E-state index in [0.29, 0.717) is 6.42 Å². The van der Waals surface area contributed by atoms with Gasteiger partial charge in [0.15, 0.2) is 0 Å². The van der Waals surface area contributed by atoms with E-state index in [0.717, 1.165) is 0 Å². The van der Waals surface area contributed by atoms with E-state index < -0.39 is 11.6 Å². The lowest BCUT2D eigenvalue weighted by Crippen LogP contribution is -2.40. The highest BCUT2D eigenvalue weighted by Crippen LogP contribution is 2.26. The SMILES string of the molecule is COC(=O)C1(CCl)CC=CO1. The van der Waals surface area contributed by atoms with Gasteiger partial charge in [-0.25, -0.2) is 4.79 Å². The van der Waals surface area contributed by atoms with Crippen LogP contribution in [0.3, 0.4) is 0 Å². The van der Waals surface area contributed by atoms with Crippen molar-refractivity contribution >= 4 is 17.6 Å². The minimum atomic E-state index is -0.962. The molecule has 0 saturated carbocycles. The Kier molecular flexibility index (Phi) is 2.39. The van der Waals surface area contributed by atoms with Gasteiger partial charge in [-0.3, -0.25) is 0 Å². The fraction of sp³-hybridized carbons (Fsp3) is 0.571. The molecule has 0 amide bonds. The summed E-state index contributed by atoms with van der Waals surface area (Å²) in [6.45, 7) is 0. The lowest BCUT2D eigenvalue weighted by atomic mass is 10.0. The topological polar surface area (TPSA) is 35.5 Å². The van der Waals surface area contributed by atoms with Crippen molar-refractivity contribution in [1.29, 1.82) is 0 Å². The number of carbonyl (C=O) groups is 1. The zero-order valence-electron chi connectivity index (χ0n) is 6.17. The molecule has 0 aromatic carbocycles. The van der Waals surface area contributed by atoms with Gasteiger partial charge in [0.25, 0.3) is 0 Å². The summed E-state index contributed by atoms with van der Waals surface area (Å²) in [6, 6.07) is 0. The normalized spacial score (nSPS) is 28.2. The molecule has 0 N–H and O–H groups in total. The maximum absolute atomic E-state index is 11.1. The standard InChI is InChI=1S/C7H9ClO3/c1-10-6(9)7(5-8)3-2-4-11-7/h2,4H,3,5H2,1H3. The molecule has 0 aromatic rings. The highest BCUT2D eigenvalue weighted by molar-refractivity contribution is 6.20. The van der Waals surface area contributed by atoms with Crippen molar-refractivity contribution < 1.29 is 14.3 Å². The maximum Gasteiger partial charge on any atom is 0.351 e. The number of hydrogen-bond acceptors (Lipinski definition) is 3. The lowest BCUT2D eigenvalue weighted by Gasteiger charge is -2.22. The Morgan fingerprint density at radius 2 is 2.64 bits per heavy atom. The Hall–Kier alpha value is -0.700. The number of methoxy groups -OCH3 is 1. The second-order valence-corrected chi connectivity index (χ2v) is 2.58. The van der Waals surface area contributed by atoms with Crippen LogP contribution in [0.5, 0.6) is 0 Å². The predicted octanol–water partition coefficient (Wildman–Crippen LogP) is 1.07. The van der Waals surface area contributed by atoms with Gasteiger partial charge in [-0.2, -0.15) is 0 Å². The van der Waals surface area contributed by atoms with Gasteiger partial charge in [0.05, 0.1) is 19.3 Å². The number of esters is 1. The summed E-state index contributed by atoms with van der Waals surface area (Å²) in [5.74, 6) is -0.301. The van der Waals surface area contributed by atoms with Gasteiger partial charge >= 0.3 is 5.97 Å². The van der Waals surface area contributed by atoms with E-state index in [1.54, 1.807) is 6.08 Å². The third kappa shape index (κ3) is 1.33. The third-order valence-corrected chi connectivity index (χ3v) is 2.04. The maximum atomic E-state index is 11.1.